The van der Waals surface area contributed by atoms with Crippen molar-refractivity contribution in [3.8, 4) is 0 Å². The summed E-state index contributed by atoms with van der Waals surface area (Å²) in [7, 11) is 0. The largest absolute Gasteiger partial charge is 0.356 e. The lowest BCUT2D eigenvalue weighted by Crippen LogP contribution is -2.31. The van der Waals surface area contributed by atoms with Crippen LogP contribution in [0.5, 0.6) is 0 Å². The van der Waals surface area contributed by atoms with E-state index in [1.54, 1.807) is 0 Å². The first-order chi connectivity index (χ1) is 7.31. The van der Waals surface area contributed by atoms with Crippen LogP contribution in [-0.2, 0) is 4.79 Å². The minimum Gasteiger partial charge on any atom is -0.356 e. The molecule has 0 aromatic rings. The molecule has 0 rings (SSSR count). The van der Waals surface area contributed by atoms with Gasteiger partial charge in [-0.3, -0.25) is 4.79 Å². The standard InChI is InChI=1S/C13H28N2O/c1-11(2)10-15-12(16)6-8-14-9-7-13(3,4)5/h11,14H,6-10H2,1-5H3,(H,15,16). The van der Waals surface area contributed by atoms with Crippen molar-refractivity contribution in [3.05, 3.63) is 0 Å². The van der Waals surface area contributed by atoms with Crippen LogP contribution >= 0.6 is 0 Å². The van der Waals surface area contributed by atoms with Crippen LogP contribution in [-0.4, -0.2) is 25.5 Å². The smallest absolute Gasteiger partial charge is 0.221 e. The van der Waals surface area contributed by atoms with Crippen LogP contribution in [0.25, 0.3) is 0 Å². The second-order valence-corrected chi connectivity index (χ2v) is 6.01. The highest BCUT2D eigenvalue weighted by atomic mass is 16.1. The Morgan fingerprint density at radius 1 is 1.19 bits per heavy atom. The maximum absolute atomic E-state index is 11.4. The molecule has 0 aromatic heterocycles. The molecule has 3 nitrogen and oxygen atoms in total. The number of nitrogens with one attached hydrogen (secondary N) is 2. The van der Waals surface area contributed by atoms with E-state index >= 15 is 0 Å². The van der Waals surface area contributed by atoms with Gasteiger partial charge < -0.3 is 10.6 Å². The van der Waals surface area contributed by atoms with Gasteiger partial charge in [0.05, 0.1) is 0 Å². The van der Waals surface area contributed by atoms with Crippen molar-refractivity contribution in [2.24, 2.45) is 11.3 Å². The van der Waals surface area contributed by atoms with Gasteiger partial charge in [-0.05, 0) is 24.3 Å². The van der Waals surface area contributed by atoms with E-state index in [1.807, 2.05) is 0 Å². The molecule has 0 heterocycles. The summed E-state index contributed by atoms with van der Waals surface area (Å²) in [5.41, 5.74) is 0.368. The Bertz CT molecular complexity index is 195. The molecule has 1 amide bonds. The fourth-order valence-electron chi connectivity index (χ4n) is 1.20. The highest BCUT2D eigenvalue weighted by molar-refractivity contribution is 5.76. The van der Waals surface area contributed by atoms with Gasteiger partial charge in [0.2, 0.25) is 5.91 Å². The molecule has 3 heteroatoms. The van der Waals surface area contributed by atoms with Crippen LogP contribution in [0.3, 0.4) is 0 Å². The second-order valence-electron chi connectivity index (χ2n) is 6.01. The molecule has 0 radical (unpaired) electrons. The SMILES string of the molecule is CC(C)CNC(=O)CCNCCC(C)(C)C. The molecular formula is C13H28N2O. The summed E-state index contributed by atoms with van der Waals surface area (Å²) in [6.07, 6.45) is 1.72. The maximum Gasteiger partial charge on any atom is 0.221 e. The maximum atomic E-state index is 11.4. The third-order valence-electron chi connectivity index (χ3n) is 2.29. The lowest BCUT2D eigenvalue weighted by molar-refractivity contribution is -0.121. The monoisotopic (exact) mass is 228 g/mol. The van der Waals surface area contributed by atoms with Gasteiger partial charge in [-0.25, -0.2) is 0 Å². The molecule has 96 valence electrons. The van der Waals surface area contributed by atoms with E-state index in [2.05, 4.69) is 45.3 Å². The highest BCUT2D eigenvalue weighted by Crippen LogP contribution is 2.16. The Hall–Kier alpha value is -0.570. The quantitative estimate of drug-likeness (QED) is 0.656. The number of carbonyl (C=O) groups is 1. The molecular weight excluding hydrogens is 200 g/mol. The topological polar surface area (TPSA) is 41.1 Å². The molecule has 16 heavy (non-hydrogen) atoms. The summed E-state index contributed by atoms with van der Waals surface area (Å²) in [5, 5.41) is 6.21. The zero-order chi connectivity index (χ0) is 12.6. The molecule has 0 aromatic carbocycles. The van der Waals surface area contributed by atoms with Crippen LogP contribution in [0.15, 0.2) is 0 Å². The van der Waals surface area contributed by atoms with Crippen molar-refractivity contribution in [1.29, 1.82) is 0 Å². The van der Waals surface area contributed by atoms with Crippen molar-refractivity contribution in [2.45, 2.75) is 47.5 Å². The van der Waals surface area contributed by atoms with E-state index in [1.165, 1.54) is 0 Å². The van der Waals surface area contributed by atoms with Gasteiger partial charge >= 0.3 is 0 Å². The molecule has 0 unspecified atom stereocenters. The normalized spacial score (nSPS) is 11.9. The Morgan fingerprint density at radius 2 is 1.81 bits per heavy atom. The van der Waals surface area contributed by atoms with Crippen LogP contribution in [0.4, 0.5) is 0 Å². The molecule has 0 bridgehead atoms. The predicted molar refractivity (Wildman–Crippen MR) is 69.4 cm³/mol. The fourth-order valence-corrected chi connectivity index (χ4v) is 1.20. The Labute approximate surface area is 100 Å². The van der Waals surface area contributed by atoms with Gasteiger partial charge in [0, 0.05) is 19.5 Å². The molecule has 0 saturated heterocycles. The van der Waals surface area contributed by atoms with Gasteiger partial charge in [0.1, 0.15) is 0 Å². The summed E-state index contributed by atoms with van der Waals surface area (Å²) >= 11 is 0. The zero-order valence-electron chi connectivity index (χ0n) is 11.5. The third-order valence-corrected chi connectivity index (χ3v) is 2.29. The fraction of sp³-hybridized carbons (Fsp3) is 0.923. The van der Waals surface area contributed by atoms with E-state index in [0.29, 0.717) is 17.8 Å². The first-order valence-electron chi connectivity index (χ1n) is 6.28. The van der Waals surface area contributed by atoms with E-state index < -0.39 is 0 Å². The molecule has 0 saturated carbocycles. The van der Waals surface area contributed by atoms with E-state index in [-0.39, 0.29) is 5.91 Å². The van der Waals surface area contributed by atoms with Crippen molar-refractivity contribution in [3.63, 3.8) is 0 Å². The first kappa shape index (κ1) is 15.4. The van der Waals surface area contributed by atoms with Crippen LogP contribution in [0.2, 0.25) is 0 Å². The molecule has 0 spiro atoms. The summed E-state index contributed by atoms with van der Waals surface area (Å²) < 4.78 is 0. The molecule has 0 fully saturated rings. The van der Waals surface area contributed by atoms with Gasteiger partial charge in [-0.1, -0.05) is 34.6 Å². The molecule has 0 aliphatic heterocycles. The lowest BCUT2D eigenvalue weighted by atomic mass is 9.92. The van der Waals surface area contributed by atoms with E-state index in [4.69, 9.17) is 0 Å². The third kappa shape index (κ3) is 11.5. The molecule has 0 aliphatic carbocycles. The van der Waals surface area contributed by atoms with Crippen molar-refractivity contribution >= 4 is 5.91 Å². The molecule has 2 N–H and O–H groups in total. The number of carbonyl (C=O) groups excluding carboxylic acids is 1. The van der Waals surface area contributed by atoms with E-state index in [9.17, 15) is 4.79 Å². The van der Waals surface area contributed by atoms with Crippen LogP contribution < -0.4 is 10.6 Å². The second kappa shape index (κ2) is 7.66. The van der Waals surface area contributed by atoms with Crippen molar-refractivity contribution in [2.75, 3.05) is 19.6 Å². The molecule has 0 aliphatic rings. The van der Waals surface area contributed by atoms with Gasteiger partial charge in [0.25, 0.3) is 0 Å². The number of amides is 1. The zero-order valence-corrected chi connectivity index (χ0v) is 11.5. The summed E-state index contributed by atoms with van der Waals surface area (Å²) in [6.45, 7) is 13.4. The number of hydrogen-bond acceptors (Lipinski definition) is 2. The van der Waals surface area contributed by atoms with E-state index in [0.717, 1.165) is 26.1 Å². The average molecular weight is 228 g/mol. The highest BCUT2D eigenvalue weighted by Gasteiger charge is 2.08. The van der Waals surface area contributed by atoms with Crippen LogP contribution in [0.1, 0.15) is 47.5 Å². The van der Waals surface area contributed by atoms with Crippen molar-refractivity contribution < 1.29 is 4.79 Å². The summed E-state index contributed by atoms with van der Waals surface area (Å²) in [4.78, 5) is 11.4. The summed E-state index contributed by atoms with van der Waals surface area (Å²) in [6, 6.07) is 0. The van der Waals surface area contributed by atoms with Gasteiger partial charge in [-0.2, -0.15) is 0 Å². The van der Waals surface area contributed by atoms with Gasteiger partial charge in [0.15, 0.2) is 0 Å². The van der Waals surface area contributed by atoms with Crippen LogP contribution in [0, 0.1) is 11.3 Å². The average Bonchev–Trinajstić information content (AvgIpc) is 2.12. The van der Waals surface area contributed by atoms with Gasteiger partial charge in [-0.15, -0.1) is 0 Å². The Kier molecular flexibility index (Phi) is 7.39. The Balaban J connectivity index is 3.35. The summed E-state index contributed by atoms with van der Waals surface area (Å²) in [5.74, 6) is 0.676. The number of rotatable bonds is 7. The minimum absolute atomic E-state index is 0.150. The predicted octanol–water partition coefficient (Wildman–Crippen LogP) is 2.17. The molecule has 0 atom stereocenters. The van der Waals surface area contributed by atoms with Crippen molar-refractivity contribution in [1.82, 2.24) is 10.6 Å². The minimum atomic E-state index is 0.150. The first-order valence-corrected chi connectivity index (χ1v) is 6.28. The lowest BCUT2D eigenvalue weighted by Gasteiger charge is -2.18. The Morgan fingerprint density at radius 3 is 2.31 bits per heavy atom. The number of hydrogen-bond donors (Lipinski definition) is 2.